The molecule has 0 aromatic carbocycles. The van der Waals surface area contributed by atoms with Gasteiger partial charge in [0.05, 0.1) is 12.8 Å². The molecule has 0 fully saturated rings. The van der Waals surface area contributed by atoms with E-state index in [2.05, 4.69) is 4.74 Å². The average Bonchev–Trinajstić information content (AvgIpc) is 1.65. The molecule has 0 N–H and O–H groups in total. The molecule has 1 radical (unpaired) electrons. The van der Waals surface area contributed by atoms with Crippen LogP contribution in [0, 0.1) is 0 Å². The summed E-state index contributed by atoms with van der Waals surface area (Å²) in [5.41, 5.74) is -0.295. The van der Waals surface area contributed by atoms with Crippen molar-refractivity contribution in [3.05, 3.63) is 0 Å². The molecule has 0 heterocycles. The zero-order valence-electron chi connectivity index (χ0n) is 4.80. The fourth-order valence-corrected chi connectivity index (χ4v) is 0.225. The van der Waals surface area contributed by atoms with Gasteiger partial charge in [0.2, 0.25) is 0 Å². The van der Waals surface area contributed by atoms with E-state index in [4.69, 9.17) is 0 Å². The van der Waals surface area contributed by atoms with E-state index >= 15 is 0 Å². The Bertz CT molecular complexity index is 110. The summed E-state index contributed by atoms with van der Waals surface area (Å²) in [5, 5.41) is 0. The molecule has 0 saturated heterocycles. The number of carbonyl (C=O) groups excluding carboxylic acids is 2. The molecule has 0 aliphatic heterocycles. The number of ether oxygens (including phenoxy) is 1. The van der Waals surface area contributed by atoms with Crippen molar-refractivity contribution in [1.82, 2.24) is 0 Å². The highest BCUT2D eigenvalue weighted by Crippen LogP contribution is 1.73. The van der Waals surface area contributed by atoms with E-state index in [1.807, 2.05) is 0 Å². The van der Waals surface area contributed by atoms with Gasteiger partial charge in [-0.05, 0) is 6.92 Å². The van der Waals surface area contributed by atoms with Crippen molar-refractivity contribution in [3.63, 3.8) is 0 Å². The van der Waals surface area contributed by atoms with Crippen molar-refractivity contribution < 1.29 is 14.3 Å². The number of hydrogen-bond donors (Lipinski definition) is 0. The summed E-state index contributed by atoms with van der Waals surface area (Å²) in [4.78, 5) is 20.2. The first-order chi connectivity index (χ1) is 3.66. The van der Waals surface area contributed by atoms with Crippen LogP contribution >= 0.6 is 0 Å². The van der Waals surface area contributed by atoms with Gasteiger partial charge in [0.25, 0.3) is 5.87 Å². The van der Waals surface area contributed by atoms with Crippen LogP contribution in [0.5, 0.6) is 0 Å². The maximum atomic E-state index is 10.1. The molecule has 8 heavy (non-hydrogen) atoms. The van der Waals surface area contributed by atoms with E-state index in [-0.39, 0.29) is 5.68 Å². The fourth-order valence-electron chi connectivity index (χ4n) is 0.225. The predicted octanol–water partition coefficient (Wildman–Crippen LogP) is 0.00350. The fraction of sp³-hybridized carbons (Fsp3) is 0.500. The summed E-state index contributed by atoms with van der Waals surface area (Å²) in [7, 11) is 2.11. The molecular weight excluding hydrogens is 107 g/mol. The van der Waals surface area contributed by atoms with Crippen LogP contribution in [-0.4, -0.2) is 25.9 Å². The van der Waals surface area contributed by atoms with Gasteiger partial charge < -0.3 is 9.53 Å². The highest BCUT2D eigenvalue weighted by molar-refractivity contribution is 6.95. The minimum Gasteiger partial charge on any atom is -0.477 e. The first-order valence-corrected chi connectivity index (χ1v) is 2.10. The van der Waals surface area contributed by atoms with Crippen LogP contribution in [-0.2, 0) is 9.53 Å². The van der Waals surface area contributed by atoms with Crippen LogP contribution < -0.4 is 0 Å². The van der Waals surface area contributed by atoms with Gasteiger partial charge in [-0.3, -0.25) is 4.79 Å². The zero-order chi connectivity index (χ0) is 6.57. The standard InChI is InChI=1S/C4H6BO3/c1-3(6)5-4(7)8-2/h1-2H3. The van der Waals surface area contributed by atoms with E-state index in [0.29, 0.717) is 0 Å². The second kappa shape index (κ2) is 3.24. The van der Waals surface area contributed by atoms with Crippen LogP contribution in [0.3, 0.4) is 0 Å². The molecule has 0 unspecified atom stereocenters. The molecule has 0 bridgehead atoms. The lowest BCUT2D eigenvalue weighted by molar-refractivity contribution is -0.110. The lowest BCUT2D eigenvalue weighted by atomic mass is 9.74. The van der Waals surface area contributed by atoms with Crippen molar-refractivity contribution in [3.8, 4) is 0 Å². The Morgan fingerprint density at radius 1 is 1.50 bits per heavy atom. The molecular formula is C4H6BO3. The molecule has 0 spiro atoms. The SMILES string of the molecule is COC(=O)[B]C(C)=O. The third-order valence-electron chi connectivity index (χ3n) is 0.522. The number of rotatable bonds is 2. The number of carbonyl (C=O) groups is 2. The summed E-state index contributed by atoms with van der Waals surface area (Å²) in [6.07, 6.45) is 0. The van der Waals surface area contributed by atoms with E-state index < -0.39 is 5.87 Å². The van der Waals surface area contributed by atoms with Gasteiger partial charge in [0.15, 0.2) is 0 Å². The molecule has 0 rings (SSSR count). The number of hydrogen-bond acceptors (Lipinski definition) is 3. The van der Waals surface area contributed by atoms with E-state index in [1.165, 1.54) is 14.0 Å². The first kappa shape index (κ1) is 7.20. The first-order valence-electron chi connectivity index (χ1n) is 2.10. The quantitative estimate of drug-likeness (QED) is 0.473. The van der Waals surface area contributed by atoms with Crippen LogP contribution in [0.2, 0.25) is 0 Å². The number of methoxy groups -OCH3 is 1. The zero-order valence-corrected chi connectivity index (χ0v) is 4.80. The Hall–Kier alpha value is -0.795. The Morgan fingerprint density at radius 3 is 2.12 bits per heavy atom. The van der Waals surface area contributed by atoms with Gasteiger partial charge in [-0.2, -0.15) is 0 Å². The van der Waals surface area contributed by atoms with Crippen molar-refractivity contribution >= 4 is 18.8 Å². The normalized spacial score (nSPS) is 7.75. The molecule has 0 amide bonds. The van der Waals surface area contributed by atoms with Gasteiger partial charge >= 0.3 is 7.28 Å². The maximum Gasteiger partial charge on any atom is 0.347 e. The van der Waals surface area contributed by atoms with Crippen LogP contribution in [0.25, 0.3) is 0 Å². The molecule has 43 valence electrons. The second-order valence-electron chi connectivity index (χ2n) is 1.28. The topological polar surface area (TPSA) is 43.4 Å². The summed E-state index contributed by atoms with van der Waals surface area (Å²) in [6, 6.07) is 0. The Morgan fingerprint density at radius 2 is 2.00 bits per heavy atom. The van der Waals surface area contributed by atoms with Gasteiger partial charge in [0, 0.05) is 0 Å². The van der Waals surface area contributed by atoms with Crippen molar-refractivity contribution in [1.29, 1.82) is 0 Å². The summed E-state index contributed by atoms with van der Waals surface area (Å²) in [5.74, 6) is -0.600. The summed E-state index contributed by atoms with van der Waals surface area (Å²) in [6.45, 7) is 1.29. The lowest BCUT2D eigenvalue weighted by Gasteiger charge is -1.89. The minimum absolute atomic E-state index is 0.295. The third-order valence-corrected chi connectivity index (χ3v) is 0.522. The molecule has 4 heteroatoms. The van der Waals surface area contributed by atoms with Crippen LogP contribution in [0.1, 0.15) is 6.92 Å². The molecule has 0 aromatic rings. The monoisotopic (exact) mass is 113 g/mol. The molecule has 0 atom stereocenters. The predicted molar refractivity (Wildman–Crippen MR) is 28.8 cm³/mol. The third kappa shape index (κ3) is 3.40. The van der Waals surface area contributed by atoms with Crippen molar-refractivity contribution in [2.75, 3.05) is 7.11 Å². The Labute approximate surface area is 48.3 Å². The van der Waals surface area contributed by atoms with Crippen LogP contribution in [0.4, 0.5) is 4.79 Å². The Balaban J connectivity index is 3.40. The van der Waals surface area contributed by atoms with E-state index in [0.717, 1.165) is 7.28 Å². The smallest absolute Gasteiger partial charge is 0.347 e. The van der Waals surface area contributed by atoms with Crippen LogP contribution in [0.15, 0.2) is 0 Å². The molecule has 3 nitrogen and oxygen atoms in total. The minimum atomic E-state index is -0.600. The second-order valence-corrected chi connectivity index (χ2v) is 1.28. The average molecular weight is 113 g/mol. The molecule has 0 aliphatic carbocycles. The van der Waals surface area contributed by atoms with E-state index in [9.17, 15) is 9.59 Å². The van der Waals surface area contributed by atoms with Gasteiger partial charge in [-0.15, -0.1) is 0 Å². The van der Waals surface area contributed by atoms with Gasteiger partial charge in [0.1, 0.15) is 0 Å². The van der Waals surface area contributed by atoms with E-state index in [1.54, 1.807) is 0 Å². The lowest BCUT2D eigenvalue weighted by Crippen LogP contribution is -2.16. The highest BCUT2D eigenvalue weighted by Gasteiger charge is 2.06. The molecule has 0 saturated carbocycles. The van der Waals surface area contributed by atoms with Gasteiger partial charge in [-0.1, -0.05) is 0 Å². The summed E-state index contributed by atoms with van der Waals surface area (Å²) >= 11 is 0. The maximum absolute atomic E-state index is 10.1. The Kier molecular flexibility index (Phi) is 2.92. The van der Waals surface area contributed by atoms with Gasteiger partial charge in [-0.25, -0.2) is 0 Å². The summed E-state index contributed by atoms with van der Waals surface area (Å²) < 4.78 is 4.15. The highest BCUT2D eigenvalue weighted by atomic mass is 16.5. The van der Waals surface area contributed by atoms with Crippen molar-refractivity contribution in [2.45, 2.75) is 6.92 Å². The molecule has 0 aromatic heterocycles. The molecule has 0 aliphatic rings. The largest absolute Gasteiger partial charge is 0.477 e. The van der Waals surface area contributed by atoms with Crippen molar-refractivity contribution in [2.24, 2.45) is 0 Å².